The summed E-state index contributed by atoms with van der Waals surface area (Å²) in [5, 5.41) is 0. The number of benzene rings is 1. The first kappa shape index (κ1) is 10.5. The molecule has 0 saturated heterocycles. The maximum atomic E-state index is 5.75. The van der Waals surface area contributed by atoms with Gasteiger partial charge in [-0.1, -0.05) is 6.07 Å². The van der Waals surface area contributed by atoms with Gasteiger partial charge in [-0.05, 0) is 30.2 Å². The quantitative estimate of drug-likeness (QED) is 0.601. The Morgan fingerprint density at radius 3 is 2.93 bits per heavy atom. The fraction of sp³-hybridized carbons (Fsp3) is 0.500. The van der Waals surface area contributed by atoms with Crippen LogP contribution in [0.5, 0.6) is 0 Å². The predicted molar refractivity (Wildman–Crippen MR) is 61.5 cm³/mol. The van der Waals surface area contributed by atoms with E-state index in [9.17, 15) is 0 Å². The minimum atomic E-state index is 0.799. The highest BCUT2D eigenvalue weighted by Gasteiger charge is 2.17. The molecule has 0 amide bonds. The summed E-state index contributed by atoms with van der Waals surface area (Å²) < 4.78 is 5.35. The van der Waals surface area contributed by atoms with E-state index in [0.717, 1.165) is 38.5 Å². The molecule has 15 heavy (non-hydrogen) atoms. The zero-order valence-electron chi connectivity index (χ0n) is 9.20. The van der Waals surface area contributed by atoms with Gasteiger partial charge in [-0.25, -0.2) is 0 Å². The molecular formula is C12H18N2O. The Morgan fingerprint density at radius 2 is 2.13 bits per heavy atom. The Kier molecular flexibility index (Phi) is 3.23. The minimum absolute atomic E-state index is 0.799. The Hall–Kier alpha value is -1.06. The van der Waals surface area contributed by atoms with Gasteiger partial charge in [-0.3, -0.25) is 4.90 Å². The van der Waals surface area contributed by atoms with Gasteiger partial charge in [0.25, 0.3) is 0 Å². The Morgan fingerprint density at radius 1 is 1.33 bits per heavy atom. The van der Waals surface area contributed by atoms with Gasteiger partial charge in [0.15, 0.2) is 0 Å². The molecule has 0 bridgehead atoms. The second-order valence-corrected chi connectivity index (χ2v) is 3.94. The van der Waals surface area contributed by atoms with E-state index >= 15 is 0 Å². The van der Waals surface area contributed by atoms with Crippen molar-refractivity contribution in [2.24, 2.45) is 0 Å². The van der Waals surface area contributed by atoms with Crippen LogP contribution in [-0.2, 0) is 17.8 Å². The highest BCUT2D eigenvalue weighted by Crippen LogP contribution is 2.24. The van der Waals surface area contributed by atoms with Crippen molar-refractivity contribution in [2.45, 2.75) is 20.0 Å². The molecule has 1 aliphatic rings. The zero-order valence-corrected chi connectivity index (χ0v) is 9.20. The molecule has 3 nitrogen and oxygen atoms in total. The van der Waals surface area contributed by atoms with Crippen LogP contribution >= 0.6 is 0 Å². The van der Waals surface area contributed by atoms with Gasteiger partial charge in [-0.15, -0.1) is 0 Å². The Labute approximate surface area is 90.8 Å². The average Bonchev–Trinajstić information content (AvgIpc) is 2.60. The first-order chi connectivity index (χ1) is 7.29. The number of hydrogen-bond acceptors (Lipinski definition) is 3. The summed E-state index contributed by atoms with van der Waals surface area (Å²) >= 11 is 0. The van der Waals surface area contributed by atoms with Crippen LogP contribution in [0.15, 0.2) is 18.2 Å². The van der Waals surface area contributed by atoms with Gasteiger partial charge in [0, 0.05) is 31.9 Å². The van der Waals surface area contributed by atoms with Crippen LogP contribution in [0.25, 0.3) is 0 Å². The second kappa shape index (κ2) is 4.64. The number of ether oxygens (including phenoxy) is 1. The van der Waals surface area contributed by atoms with Crippen molar-refractivity contribution >= 4 is 5.69 Å². The van der Waals surface area contributed by atoms with E-state index in [2.05, 4.69) is 17.0 Å². The van der Waals surface area contributed by atoms with E-state index in [1.54, 1.807) is 0 Å². The molecule has 0 atom stereocenters. The van der Waals surface area contributed by atoms with Crippen LogP contribution < -0.4 is 5.73 Å². The zero-order chi connectivity index (χ0) is 10.7. The fourth-order valence-electron chi connectivity index (χ4n) is 1.98. The van der Waals surface area contributed by atoms with E-state index in [1.807, 2.05) is 13.0 Å². The Balaban J connectivity index is 1.91. The van der Waals surface area contributed by atoms with Crippen molar-refractivity contribution in [3.63, 3.8) is 0 Å². The molecule has 0 fully saturated rings. The van der Waals surface area contributed by atoms with Crippen molar-refractivity contribution in [3.8, 4) is 0 Å². The molecule has 0 unspecified atom stereocenters. The molecule has 82 valence electrons. The lowest BCUT2D eigenvalue weighted by Gasteiger charge is -2.13. The number of hydrogen-bond donors (Lipinski definition) is 1. The van der Waals surface area contributed by atoms with Crippen LogP contribution in [-0.4, -0.2) is 24.7 Å². The average molecular weight is 206 g/mol. The van der Waals surface area contributed by atoms with Gasteiger partial charge in [0.05, 0.1) is 6.61 Å². The molecule has 2 rings (SSSR count). The molecule has 3 heteroatoms. The lowest BCUT2D eigenvalue weighted by Crippen LogP contribution is -2.21. The highest BCUT2D eigenvalue weighted by molar-refractivity contribution is 5.46. The van der Waals surface area contributed by atoms with Crippen molar-refractivity contribution in [3.05, 3.63) is 29.3 Å². The molecule has 0 spiro atoms. The fourth-order valence-corrected chi connectivity index (χ4v) is 1.98. The standard InChI is InChI=1S/C12H18N2O/c1-2-15-6-5-14-8-10-3-4-12(13)7-11(10)9-14/h3-4,7H,2,5-6,8-9,13H2,1H3. The summed E-state index contributed by atoms with van der Waals surface area (Å²) in [4.78, 5) is 2.39. The van der Waals surface area contributed by atoms with E-state index in [0.29, 0.717) is 0 Å². The van der Waals surface area contributed by atoms with Crippen molar-refractivity contribution in [1.82, 2.24) is 4.90 Å². The number of fused-ring (bicyclic) bond motifs is 1. The summed E-state index contributed by atoms with van der Waals surface area (Å²) in [7, 11) is 0. The van der Waals surface area contributed by atoms with E-state index in [-0.39, 0.29) is 0 Å². The van der Waals surface area contributed by atoms with Gasteiger partial charge in [0.1, 0.15) is 0 Å². The summed E-state index contributed by atoms with van der Waals surface area (Å²) in [6, 6.07) is 6.19. The number of nitrogens with zero attached hydrogens (tertiary/aromatic N) is 1. The summed E-state index contributed by atoms with van der Waals surface area (Å²) in [5.41, 5.74) is 9.39. The second-order valence-electron chi connectivity index (χ2n) is 3.94. The Bertz CT molecular complexity index is 338. The maximum absolute atomic E-state index is 5.75. The molecule has 2 N–H and O–H groups in total. The van der Waals surface area contributed by atoms with Crippen molar-refractivity contribution in [1.29, 1.82) is 0 Å². The van der Waals surface area contributed by atoms with Crippen LogP contribution in [0, 0.1) is 0 Å². The topological polar surface area (TPSA) is 38.5 Å². The minimum Gasteiger partial charge on any atom is -0.399 e. The molecule has 1 aromatic rings. The third-order valence-electron chi connectivity index (χ3n) is 2.77. The van der Waals surface area contributed by atoms with Crippen LogP contribution in [0.4, 0.5) is 5.69 Å². The molecule has 0 saturated carbocycles. The summed E-state index contributed by atoms with van der Waals surface area (Å²) in [6.45, 7) is 6.69. The van der Waals surface area contributed by atoms with Gasteiger partial charge >= 0.3 is 0 Å². The molecular weight excluding hydrogens is 188 g/mol. The number of rotatable bonds is 4. The summed E-state index contributed by atoms with van der Waals surface area (Å²) in [6.07, 6.45) is 0. The van der Waals surface area contributed by atoms with Crippen molar-refractivity contribution < 1.29 is 4.74 Å². The monoisotopic (exact) mass is 206 g/mol. The molecule has 1 aromatic carbocycles. The first-order valence-corrected chi connectivity index (χ1v) is 5.47. The maximum Gasteiger partial charge on any atom is 0.0593 e. The first-order valence-electron chi connectivity index (χ1n) is 5.47. The highest BCUT2D eigenvalue weighted by atomic mass is 16.5. The van der Waals surface area contributed by atoms with Gasteiger partial charge in [0.2, 0.25) is 0 Å². The molecule has 0 aromatic heterocycles. The number of nitrogens with two attached hydrogens (primary N) is 1. The third kappa shape index (κ3) is 2.49. The van der Waals surface area contributed by atoms with Gasteiger partial charge < -0.3 is 10.5 Å². The van der Waals surface area contributed by atoms with Crippen molar-refractivity contribution in [2.75, 3.05) is 25.5 Å². The predicted octanol–water partition coefficient (Wildman–Crippen LogP) is 1.62. The van der Waals surface area contributed by atoms with E-state index < -0.39 is 0 Å². The summed E-state index contributed by atoms with van der Waals surface area (Å²) in [5.74, 6) is 0. The normalized spacial score (nSPS) is 15.5. The van der Waals surface area contributed by atoms with E-state index in [1.165, 1.54) is 11.1 Å². The van der Waals surface area contributed by atoms with Crippen LogP contribution in [0.3, 0.4) is 0 Å². The van der Waals surface area contributed by atoms with Crippen LogP contribution in [0.2, 0.25) is 0 Å². The molecule has 0 aliphatic carbocycles. The van der Waals surface area contributed by atoms with E-state index in [4.69, 9.17) is 10.5 Å². The number of anilines is 1. The molecule has 0 radical (unpaired) electrons. The van der Waals surface area contributed by atoms with Gasteiger partial charge in [-0.2, -0.15) is 0 Å². The number of nitrogen functional groups attached to an aromatic ring is 1. The smallest absolute Gasteiger partial charge is 0.0593 e. The lowest BCUT2D eigenvalue weighted by molar-refractivity contribution is 0.113. The molecule has 1 aliphatic heterocycles. The lowest BCUT2D eigenvalue weighted by atomic mass is 10.1. The molecule has 1 heterocycles. The van der Waals surface area contributed by atoms with Crippen LogP contribution in [0.1, 0.15) is 18.1 Å². The third-order valence-corrected chi connectivity index (χ3v) is 2.77. The largest absolute Gasteiger partial charge is 0.399 e. The SMILES string of the molecule is CCOCCN1Cc2ccc(N)cc2C1.